The molecule has 27 heavy (non-hydrogen) atoms. The first-order valence-corrected chi connectivity index (χ1v) is 8.99. The third kappa shape index (κ3) is 5.02. The van der Waals surface area contributed by atoms with Gasteiger partial charge in [-0.05, 0) is 48.9 Å². The van der Waals surface area contributed by atoms with Gasteiger partial charge in [0.05, 0.1) is 5.56 Å². The van der Waals surface area contributed by atoms with E-state index >= 15 is 0 Å². The minimum absolute atomic E-state index is 0.250. The molecule has 1 amide bonds. The molecule has 0 aliphatic carbocycles. The number of rotatable bonds is 7. The summed E-state index contributed by atoms with van der Waals surface area (Å²) in [5.41, 5.74) is 1.95. The smallest absolute Gasteiger partial charge is 0.259 e. The van der Waals surface area contributed by atoms with Gasteiger partial charge in [-0.25, -0.2) is 0 Å². The third-order valence-corrected chi connectivity index (χ3v) is 4.41. The van der Waals surface area contributed by atoms with E-state index in [2.05, 4.69) is 5.32 Å². The van der Waals surface area contributed by atoms with Crippen LogP contribution in [-0.2, 0) is 0 Å². The van der Waals surface area contributed by atoms with Crippen molar-refractivity contribution in [3.8, 4) is 11.5 Å². The van der Waals surface area contributed by atoms with Crippen molar-refractivity contribution in [1.29, 1.82) is 0 Å². The first kappa shape index (κ1) is 18.8. The van der Waals surface area contributed by atoms with Gasteiger partial charge in [-0.15, -0.1) is 0 Å². The van der Waals surface area contributed by atoms with E-state index in [9.17, 15) is 4.79 Å². The lowest BCUT2D eigenvalue weighted by atomic mass is 10.1. The van der Waals surface area contributed by atoms with Crippen LogP contribution in [0.5, 0.6) is 11.5 Å². The molecule has 138 valence electrons. The normalized spacial score (nSPS) is 10.3. The zero-order chi connectivity index (χ0) is 19.1. The lowest BCUT2D eigenvalue weighted by Gasteiger charge is -2.13. The largest absolute Gasteiger partial charge is 0.490 e. The summed E-state index contributed by atoms with van der Waals surface area (Å²) in [5.74, 6) is 1.04. The second-order valence-corrected chi connectivity index (χ2v) is 6.28. The molecule has 5 heteroatoms. The molecule has 0 bridgehead atoms. The molecule has 3 rings (SSSR count). The van der Waals surface area contributed by atoms with Crippen molar-refractivity contribution in [2.45, 2.75) is 6.92 Å². The quantitative estimate of drug-likeness (QED) is 0.560. The molecule has 0 spiro atoms. The fourth-order valence-corrected chi connectivity index (χ4v) is 2.72. The maximum Gasteiger partial charge on any atom is 0.259 e. The Morgan fingerprint density at radius 3 is 2.41 bits per heavy atom. The Labute approximate surface area is 163 Å². The van der Waals surface area contributed by atoms with E-state index in [-0.39, 0.29) is 5.91 Å². The van der Waals surface area contributed by atoms with Crippen molar-refractivity contribution in [3.63, 3.8) is 0 Å². The molecule has 1 N–H and O–H groups in total. The van der Waals surface area contributed by atoms with Gasteiger partial charge in [0, 0.05) is 10.7 Å². The first-order valence-electron chi connectivity index (χ1n) is 8.61. The van der Waals surface area contributed by atoms with E-state index in [4.69, 9.17) is 21.1 Å². The molecular weight excluding hydrogens is 362 g/mol. The Hall–Kier alpha value is -2.98. The van der Waals surface area contributed by atoms with Gasteiger partial charge < -0.3 is 14.8 Å². The van der Waals surface area contributed by atoms with E-state index in [0.29, 0.717) is 35.2 Å². The molecule has 3 aromatic carbocycles. The number of hydrogen-bond donors (Lipinski definition) is 1. The van der Waals surface area contributed by atoms with E-state index < -0.39 is 0 Å². The van der Waals surface area contributed by atoms with Crippen molar-refractivity contribution in [1.82, 2.24) is 0 Å². The maximum atomic E-state index is 12.7. The second kappa shape index (κ2) is 9.10. The Kier molecular flexibility index (Phi) is 6.34. The van der Waals surface area contributed by atoms with Crippen LogP contribution >= 0.6 is 11.6 Å². The second-order valence-electron chi connectivity index (χ2n) is 5.87. The van der Waals surface area contributed by atoms with Crippen LogP contribution in [0.4, 0.5) is 5.69 Å². The summed E-state index contributed by atoms with van der Waals surface area (Å²) >= 11 is 6.12. The summed E-state index contributed by atoms with van der Waals surface area (Å²) in [6.07, 6.45) is 0. The molecule has 0 unspecified atom stereocenters. The van der Waals surface area contributed by atoms with Gasteiger partial charge >= 0.3 is 0 Å². The maximum absolute atomic E-state index is 12.7. The molecule has 0 radical (unpaired) electrons. The first-order chi connectivity index (χ1) is 13.1. The fourth-order valence-electron chi connectivity index (χ4n) is 2.54. The number of halogens is 1. The highest BCUT2D eigenvalue weighted by molar-refractivity contribution is 6.31. The van der Waals surface area contributed by atoms with Gasteiger partial charge in [0.2, 0.25) is 0 Å². The Morgan fingerprint density at radius 2 is 1.59 bits per heavy atom. The van der Waals surface area contributed by atoms with Gasteiger partial charge in [-0.2, -0.15) is 0 Å². The molecule has 0 aliphatic rings. The highest BCUT2D eigenvalue weighted by atomic mass is 35.5. The van der Waals surface area contributed by atoms with Crippen molar-refractivity contribution >= 4 is 23.2 Å². The number of amides is 1. The number of para-hydroxylation sites is 2. The SMILES string of the molecule is Cc1c(Cl)cccc1NC(=O)c1ccccc1OCCOc1ccccc1. The van der Waals surface area contributed by atoms with Crippen molar-refractivity contribution in [2.24, 2.45) is 0 Å². The standard InChI is InChI=1S/C22H20ClNO3/c1-16-19(23)11-7-12-20(16)24-22(25)18-10-5-6-13-21(18)27-15-14-26-17-8-3-2-4-9-17/h2-13H,14-15H2,1H3,(H,24,25). The lowest BCUT2D eigenvalue weighted by molar-refractivity contribution is 0.102. The molecule has 4 nitrogen and oxygen atoms in total. The Balaban J connectivity index is 1.63. The predicted octanol–water partition coefficient (Wildman–Crippen LogP) is 5.36. The molecule has 0 aromatic heterocycles. The molecule has 0 saturated carbocycles. The molecule has 0 heterocycles. The van der Waals surface area contributed by atoms with Gasteiger partial charge in [0.1, 0.15) is 24.7 Å². The topological polar surface area (TPSA) is 47.6 Å². The molecule has 0 atom stereocenters. The van der Waals surface area contributed by atoms with E-state index in [1.165, 1.54) is 0 Å². The Morgan fingerprint density at radius 1 is 0.889 bits per heavy atom. The fraction of sp³-hybridized carbons (Fsp3) is 0.136. The van der Waals surface area contributed by atoms with Gasteiger partial charge in [-0.1, -0.05) is 48.0 Å². The summed E-state index contributed by atoms with van der Waals surface area (Å²) in [4.78, 5) is 12.7. The highest BCUT2D eigenvalue weighted by Gasteiger charge is 2.14. The zero-order valence-electron chi connectivity index (χ0n) is 14.9. The molecular formula is C22H20ClNO3. The monoisotopic (exact) mass is 381 g/mol. The highest BCUT2D eigenvalue weighted by Crippen LogP contribution is 2.25. The van der Waals surface area contributed by atoms with Crippen LogP contribution in [-0.4, -0.2) is 19.1 Å². The van der Waals surface area contributed by atoms with Gasteiger partial charge in [0.25, 0.3) is 5.91 Å². The average Bonchev–Trinajstić information content (AvgIpc) is 2.70. The number of nitrogens with one attached hydrogen (secondary N) is 1. The van der Waals surface area contributed by atoms with Crippen molar-refractivity contribution in [2.75, 3.05) is 18.5 Å². The molecule has 0 aliphatic heterocycles. The number of benzene rings is 3. The van der Waals surface area contributed by atoms with Crippen molar-refractivity contribution < 1.29 is 14.3 Å². The summed E-state index contributed by atoms with van der Waals surface area (Å²) < 4.78 is 11.4. The Bertz CT molecular complexity index is 912. The van der Waals surface area contributed by atoms with Crippen molar-refractivity contribution in [3.05, 3.63) is 88.9 Å². The molecule has 0 saturated heterocycles. The summed E-state index contributed by atoms with van der Waals surface area (Å²) in [5, 5.41) is 3.50. The molecule has 3 aromatic rings. The van der Waals surface area contributed by atoms with Crippen LogP contribution < -0.4 is 14.8 Å². The van der Waals surface area contributed by atoms with E-state index in [1.807, 2.05) is 49.4 Å². The summed E-state index contributed by atoms with van der Waals surface area (Å²) in [7, 11) is 0. The minimum atomic E-state index is -0.250. The van der Waals surface area contributed by atoms with Gasteiger partial charge in [0.15, 0.2) is 0 Å². The van der Waals surface area contributed by atoms with E-state index in [1.54, 1.807) is 30.3 Å². The van der Waals surface area contributed by atoms with Crippen LogP contribution in [0, 0.1) is 6.92 Å². The number of carbonyl (C=O) groups excluding carboxylic acids is 1. The zero-order valence-corrected chi connectivity index (χ0v) is 15.7. The minimum Gasteiger partial charge on any atom is -0.490 e. The van der Waals surface area contributed by atoms with Crippen LogP contribution in [0.15, 0.2) is 72.8 Å². The lowest BCUT2D eigenvalue weighted by Crippen LogP contribution is -2.16. The number of hydrogen-bond acceptors (Lipinski definition) is 3. The number of carbonyl (C=O) groups is 1. The predicted molar refractivity (Wildman–Crippen MR) is 108 cm³/mol. The van der Waals surface area contributed by atoms with E-state index in [0.717, 1.165) is 11.3 Å². The molecule has 0 fully saturated rings. The third-order valence-electron chi connectivity index (χ3n) is 4.00. The van der Waals surface area contributed by atoms with Gasteiger partial charge in [-0.3, -0.25) is 4.79 Å². The average molecular weight is 382 g/mol. The number of ether oxygens (including phenoxy) is 2. The van der Waals surface area contributed by atoms with Crippen LogP contribution in [0.2, 0.25) is 5.02 Å². The van der Waals surface area contributed by atoms with Crippen LogP contribution in [0.3, 0.4) is 0 Å². The van der Waals surface area contributed by atoms with Crippen LogP contribution in [0.25, 0.3) is 0 Å². The van der Waals surface area contributed by atoms with Crippen LogP contribution in [0.1, 0.15) is 15.9 Å². The summed E-state index contributed by atoms with van der Waals surface area (Å²) in [6.45, 7) is 2.57. The number of anilines is 1. The summed E-state index contributed by atoms with van der Waals surface area (Å²) in [6, 6.07) is 22.0.